The van der Waals surface area contributed by atoms with Crippen LogP contribution in [0.25, 0.3) is 5.69 Å². The maximum atomic E-state index is 12.3. The summed E-state index contributed by atoms with van der Waals surface area (Å²) < 4.78 is 6.87. The van der Waals surface area contributed by atoms with E-state index in [0.717, 1.165) is 56.5 Å². The molecular weight excluding hydrogens is 536 g/mol. The number of nitrogens with zero attached hydrogens (tertiary/aromatic N) is 5. The van der Waals surface area contributed by atoms with E-state index >= 15 is 0 Å². The highest BCUT2D eigenvalue weighted by Gasteiger charge is 2.41. The van der Waals surface area contributed by atoms with E-state index < -0.39 is 0 Å². The lowest BCUT2D eigenvalue weighted by atomic mass is 9.92. The molecule has 7 rings (SSSR count). The number of aliphatic imine (C=N–C) groups is 2. The summed E-state index contributed by atoms with van der Waals surface area (Å²) in [6.07, 6.45) is 0. The molecule has 212 valence electrons. The Balaban J connectivity index is 1.48. The summed E-state index contributed by atoms with van der Waals surface area (Å²) in [5.74, 6) is 1.70. The summed E-state index contributed by atoms with van der Waals surface area (Å²) in [6, 6.07) is 31.7. The van der Waals surface area contributed by atoms with E-state index in [0.29, 0.717) is 17.2 Å². The van der Waals surface area contributed by atoms with Crippen molar-refractivity contribution in [3.8, 4) is 5.69 Å². The summed E-state index contributed by atoms with van der Waals surface area (Å²) in [7, 11) is 1.39. The molecule has 2 aliphatic heterocycles. The van der Waals surface area contributed by atoms with Crippen molar-refractivity contribution in [1.82, 2.24) is 9.78 Å². The first-order chi connectivity index (χ1) is 20.9. The Morgan fingerprint density at radius 1 is 0.860 bits per heavy atom. The Kier molecular flexibility index (Phi) is 6.39. The fraction of sp³-hybridized carbons (Fsp3) is 0.143. The van der Waals surface area contributed by atoms with Crippen LogP contribution in [0.2, 0.25) is 0 Å². The van der Waals surface area contributed by atoms with E-state index in [-0.39, 0.29) is 12.0 Å². The van der Waals surface area contributed by atoms with Crippen molar-refractivity contribution in [3.05, 3.63) is 131 Å². The number of hydrogen-bond acceptors (Lipinski definition) is 7. The Morgan fingerprint density at radius 2 is 1.60 bits per heavy atom. The number of esters is 1. The third-order valence-electron chi connectivity index (χ3n) is 7.93. The van der Waals surface area contributed by atoms with Crippen LogP contribution in [-0.2, 0) is 4.74 Å². The van der Waals surface area contributed by atoms with E-state index in [2.05, 4.69) is 48.3 Å². The van der Waals surface area contributed by atoms with Gasteiger partial charge in [-0.25, -0.2) is 19.5 Å². The lowest BCUT2D eigenvalue weighted by Gasteiger charge is -2.40. The van der Waals surface area contributed by atoms with Crippen molar-refractivity contribution in [2.75, 3.05) is 17.3 Å². The van der Waals surface area contributed by atoms with Gasteiger partial charge in [0.15, 0.2) is 17.5 Å². The topological polar surface area (TPSA) is 84.1 Å². The summed E-state index contributed by atoms with van der Waals surface area (Å²) in [4.78, 5) is 24.9. The number of carbonyl (C=O) groups excluding carboxylic acids is 1. The van der Waals surface area contributed by atoms with Gasteiger partial charge < -0.3 is 15.0 Å². The third kappa shape index (κ3) is 4.48. The normalized spacial score (nSPS) is 15.1. The number of aryl methyl sites for hydroxylation is 3. The first-order valence-electron chi connectivity index (χ1n) is 14.2. The maximum absolute atomic E-state index is 12.3. The molecule has 5 aromatic rings. The number of methoxy groups -OCH3 is 1. The second-order valence-corrected chi connectivity index (χ2v) is 10.8. The van der Waals surface area contributed by atoms with Crippen molar-refractivity contribution in [3.63, 3.8) is 0 Å². The van der Waals surface area contributed by atoms with Gasteiger partial charge in [0, 0.05) is 11.3 Å². The van der Waals surface area contributed by atoms with Crippen molar-refractivity contribution in [2.45, 2.75) is 26.8 Å². The molecule has 0 bridgehead atoms. The van der Waals surface area contributed by atoms with Gasteiger partial charge in [-0.1, -0.05) is 54.6 Å². The molecular formula is C35H30N6O2. The molecule has 1 unspecified atom stereocenters. The number of nitrogens with one attached hydrogen (secondary N) is 1. The predicted octanol–water partition coefficient (Wildman–Crippen LogP) is 7.38. The predicted molar refractivity (Wildman–Crippen MR) is 171 cm³/mol. The molecule has 1 atom stereocenters. The van der Waals surface area contributed by atoms with E-state index in [1.807, 2.05) is 84.4 Å². The Bertz CT molecular complexity index is 1940. The lowest BCUT2D eigenvalue weighted by Crippen LogP contribution is -2.46. The molecule has 0 fully saturated rings. The minimum atomic E-state index is -0.373. The molecule has 43 heavy (non-hydrogen) atoms. The van der Waals surface area contributed by atoms with E-state index in [9.17, 15) is 4.79 Å². The van der Waals surface area contributed by atoms with E-state index in [1.165, 1.54) is 7.11 Å². The molecule has 0 aliphatic carbocycles. The molecule has 0 amide bonds. The Hall–Kier alpha value is -5.50. The average Bonchev–Trinajstić information content (AvgIpc) is 3.37. The second-order valence-electron chi connectivity index (χ2n) is 10.8. The van der Waals surface area contributed by atoms with Gasteiger partial charge in [0.05, 0.1) is 41.5 Å². The van der Waals surface area contributed by atoms with E-state index in [1.54, 1.807) is 0 Å². The molecule has 4 aromatic carbocycles. The van der Waals surface area contributed by atoms with Gasteiger partial charge >= 0.3 is 5.97 Å². The highest BCUT2D eigenvalue weighted by atomic mass is 16.5. The number of para-hydroxylation sites is 3. The minimum Gasteiger partial charge on any atom is -0.465 e. The number of benzene rings is 4. The third-order valence-corrected chi connectivity index (χ3v) is 7.93. The van der Waals surface area contributed by atoms with Gasteiger partial charge in [0.1, 0.15) is 0 Å². The Morgan fingerprint density at radius 3 is 2.37 bits per heavy atom. The fourth-order valence-corrected chi connectivity index (χ4v) is 5.78. The fourth-order valence-electron chi connectivity index (χ4n) is 5.78. The lowest BCUT2D eigenvalue weighted by molar-refractivity contribution is 0.0600. The summed E-state index contributed by atoms with van der Waals surface area (Å²) in [6.45, 7) is 6.18. The molecule has 3 heterocycles. The number of ether oxygens (including phenoxy) is 1. The zero-order valence-electron chi connectivity index (χ0n) is 24.4. The summed E-state index contributed by atoms with van der Waals surface area (Å²) >= 11 is 0. The second kappa shape index (κ2) is 10.4. The number of rotatable bonds is 4. The van der Waals surface area contributed by atoms with Gasteiger partial charge in [0.2, 0.25) is 0 Å². The van der Waals surface area contributed by atoms with Crippen LogP contribution in [0.3, 0.4) is 0 Å². The molecule has 2 aliphatic rings. The van der Waals surface area contributed by atoms with Gasteiger partial charge in [-0.05, 0) is 79.9 Å². The van der Waals surface area contributed by atoms with Crippen LogP contribution in [-0.4, -0.2) is 34.5 Å². The number of amidine groups is 2. The largest absolute Gasteiger partial charge is 0.465 e. The van der Waals surface area contributed by atoms with E-state index in [4.69, 9.17) is 19.8 Å². The smallest absolute Gasteiger partial charge is 0.337 e. The number of fused-ring (bicyclic) bond motifs is 4. The van der Waals surface area contributed by atoms with Gasteiger partial charge in [0.25, 0.3) is 0 Å². The quantitative estimate of drug-likeness (QED) is 0.230. The zero-order valence-corrected chi connectivity index (χ0v) is 24.4. The van der Waals surface area contributed by atoms with Crippen molar-refractivity contribution in [2.24, 2.45) is 9.98 Å². The number of anilines is 2. The molecule has 0 radical (unpaired) electrons. The molecule has 8 nitrogen and oxygen atoms in total. The van der Waals surface area contributed by atoms with Gasteiger partial charge in [-0.3, -0.25) is 0 Å². The molecule has 0 spiro atoms. The highest BCUT2D eigenvalue weighted by molar-refractivity contribution is 6.51. The number of carbonyl (C=O) groups is 1. The van der Waals surface area contributed by atoms with Gasteiger partial charge in [-0.2, -0.15) is 5.10 Å². The zero-order chi connectivity index (χ0) is 29.7. The molecule has 8 heteroatoms. The van der Waals surface area contributed by atoms with Crippen molar-refractivity contribution in [1.29, 1.82) is 0 Å². The van der Waals surface area contributed by atoms with Crippen LogP contribution in [0, 0.1) is 20.8 Å². The molecule has 1 N–H and O–H groups in total. The van der Waals surface area contributed by atoms with Gasteiger partial charge in [-0.15, -0.1) is 0 Å². The highest BCUT2D eigenvalue weighted by Crippen LogP contribution is 2.48. The first-order valence-corrected chi connectivity index (χ1v) is 14.2. The molecule has 0 saturated carbocycles. The first kappa shape index (κ1) is 26.4. The number of hydrogen-bond donors (Lipinski definition) is 1. The maximum Gasteiger partial charge on any atom is 0.337 e. The summed E-state index contributed by atoms with van der Waals surface area (Å²) in [5.41, 5.74) is 9.25. The molecule has 1 aromatic heterocycles. The van der Waals surface area contributed by atoms with Crippen LogP contribution in [0.1, 0.15) is 44.3 Å². The van der Waals surface area contributed by atoms with Crippen molar-refractivity contribution < 1.29 is 9.53 Å². The van der Waals surface area contributed by atoms with Crippen LogP contribution in [0.4, 0.5) is 22.9 Å². The van der Waals surface area contributed by atoms with Crippen LogP contribution < -0.4 is 10.2 Å². The standard InChI is InChI=1S/C35H30N6O2/c1-21-14-15-22(2)28(20-21)37-32-34-38-33-30(23(3)39-41(33)26-10-6-5-7-11-26)31(24-16-18-25(19-17-24)35(42)43-4)40(34)29-13-9-8-12-27(29)36-32/h5-20,31H,1-4H3,(H,36,37). The number of aromatic nitrogens is 2. The van der Waals surface area contributed by atoms with Crippen LogP contribution in [0.15, 0.2) is 107 Å². The SMILES string of the molecule is COC(=O)c1ccc(C2c3c(C)nn(-c4ccccc4)c3N=C3C(Nc4cc(C)ccc4C)=Nc4ccccc4N32)cc1. The van der Waals surface area contributed by atoms with Crippen LogP contribution in [0.5, 0.6) is 0 Å². The monoisotopic (exact) mass is 566 g/mol. The van der Waals surface area contributed by atoms with Crippen molar-refractivity contribution >= 4 is 40.5 Å². The Labute approximate surface area is 250 Å². The average molecular weight is 567 g/mol. The minimum absolute atomic E-state index is 0.293. The summed E-state index contributed by atoms with van der Waals surface area (Å²) in [5, 5.41) is 8.61. The van der Waals surface area contributed by atoms with Crippen LogP contribution >= 0.6 is 0 Å². The molecule has 0 saturated heterocycles.